The molecule has 0 aromatic heterocycles. The van der Waals surface area contributed by atoms with Gasteiger partial charge in [0.25, 0.3) is 0 Å². The molecule has 2 fully saturated rings. The average molecular weight is 351 g/mol. The van der Waals surface area contributed by atoms with E-state index in [0.717, 1.165) is 45.4 Å². The Morgan fingerprint density at radius 1 is 1.29 bits per heavy atom. The molecule has 0 aliphatic carbocycles. The fraction of sp³-hybridized carbons (Fsp3) is 0.938. The van der Waals surface area contributed by atoms with Crippen molar-refractivity contribution in [3.63, 3.8) is 0 Å². The van der Waals surface area contributed by atoms with Gasteiger partial charge < -0.3 is 19.7 Å². The lowest BCUT2D eigenvalue weighted by molar-refractivity contribution is -0.132. The molecule has 0 aromatic rings. The second-order valence-corrected chi connectivity index (χ2v) is 6.26. The summed E-state index contributed by atoms with van der Waals surface area (Å²) in [6, 6.07) is 0. The number of hydrogen-bond acceptors (Lipinski definition) is 3. The van der Waals surface area contributed by atoms with E-state index in [2.05, 4.69) is 10.3 Å². The van der Waals surface area contributed by atoms with Gasteiger partial charge in [-0.25, -0.2) is 0 Å². The van der Waals surface area contributed by atoms with Gasteiger partial charge in [0.1, 0.15) is 0 Å². The summed E-state index contributed by atoms with van der Waals surface area (Å²) in [7, 11) is 0. The SMILES string of the molecule is CCNC(=NCCC(F)(F)F)N1CCC(OCC2CCCO2)CC1. The zero-order valence-corrected chi connectivity index (χ0v) is 14.3. The van der Waals surface area contributed by atoms with E-state index in [1.807, 2.05) is 11.8 Å². The maximum absolute atomic E-state index is 12.3. The Balaban J connectivity index is 1.73. The molecule has 2 aliphatic rings. The highest BCUT2D eigenvalue weighted by Crippen LogP contribution is 2.20. The topological polar surface area (TPSA) is 46.1 Å². The van der Waals surface area contributed by atoms with Gasteiger partial charge in [-0.1, -0.05) is 0 Å². The highest BCUT2D eigenvalue weighted by Gasteiger charge is 2.27. The van der Waals surface area contributed by atoms with E-state index in [4.69, 9.17) is 9.47 Å². The number of piperidine rings is 1. The summed E-state index contributed by atoms with van der Waals surface area (Å²) in [5.41, 5.74) is 0. The lowest BCUT2D eigenvalue weighted by Crippen LogP contribution is -2.47. The molecule has 0 amide bonds. The molecule has 2 saturated heterocycles. The molecule has 0 aromatic carbocycles. The molecule has 1 unspecified atom stereocenters. The number of halogens is 3. The van der Waals surface area contributed by atoms with Crippen LogP contribution in [0.4, 0.5) is 13.2 Å². The molecular weight excluding hydrogens is 323 g/mol. The van der Waals surface area contributed by atoms with Crippen LogP contribution in [0.3, 0.4) is 0 Å². The van der Waals surface area contributed by atoms with Crippen molar-refractivity contribution in [3.8, 4) is 0 Å². The number of guanidine groups is 1. The van der Waals surface area contributed by atoms with Crippen LogP contribution in [-0.2, 0) is 9.47 Å². The Morgan fingerprint density at radius 2 is 2.04 bits per heavy atom. The van der Waals surface area contributed by atoms with Crippen LogP contribution >= 0.6 is 0 Å². The van der Waals surface area contributed by atoms with Gasteiger partial charge in [0.05, 0.1) is 31.8 Å². The highest BCUT2D eigenvalue weighted by molar-refractivity contribution is 5.80. The first-order chi connectivity index (χ1) is 11.5. The smallest absolute Gasteiger partial charge is 0.376 e. The van der Waals surface area contributed by atoms with Crippen molar-refractivity contribution >= 4 is 5.96 Å². The third-order valence-electron chi connectivity index (χ3n) is 4.28. The number of likely N-dealkylation sites (tertiary alicyclic amines) is 1. The van der Waals surface area contributed by atoms with Crippen molar-refractivity contribution in [2.75, 3.05) is 39.4 Å². The second kappa shape index (κ2) is 9.46. The first-order valence-corrected chi connectivity index (χ1v) is 8.81. The molecule has 24 heavy (non-hydrogen) atoms. The van der Waals surface area contributed by atoms with Crippen LogP contribution in [0.1, 0.15) is 39.0 Å². The van der Waals surface area contributed by atoms with Crippen molar-refractivity contribution < 1.29 is 22.6 Å². The quantitative estimate of drug-likeness (QED) is 0.590. The van der Waals surface area contributed by atoms with Crippen molar-refractivity contribution in [1.29, 1.82) is 0 Å². The molecular formula is C16H28F3N3O2. The summed E-state index contributed by atoms with van der Waals surface area (Å²) in [4.78, 5) is 6.13. The first kappa shape index (κ1) is 19.3. The Labute approximate surface area is 141 Å². The number of hydrogen-bond donors (Lipinski definition) is 1. The summed E-state index contributed by atoms with van der Waals surface area (Å²) in [5.74, 6) is 0.569. The fourth-order valence-electron chi connectivity index (χ4n) is 2.97. The molecule has 0 saturated carbocycles. The molecule has 0 spiro atoms. The fourth-order valence-corrected chi connectivity index (χ4v) is 2.97. The molecule has 0 bridgehead atoms. The van der Waals surface area contributed by atoms with Crippen molar-refractivity contribution in [3.05, 3.63) is 0 Å². The van der Waals surface area contributed by atoms with Crippen molar-refractivity contribution in [1.82, 2.24) is 10.2 Å². The van der Waals surface area contributed by atoms with E-state index < -0.39 is 12.6 Å². The van der Waals surface area contributed by atoms with Gasteiger partial charge in [0.2, 0.25) is 0 Å². The number of aliphatic imine (C=N–C) groups is 1. The van der Waals surface area contributed by atoms with Crippen LogP contribution < -0.4 is 5.32 Å². The predicted molar refractivity (Wildman–Crippen MR) is 86.2 cm³/mol. The molecule has 5 nitrogen and oxygen atoms in total. The number of alkyl halides is 3. The third-order valence-corrected chi connectivity index (χ3v) is 4.28. The molecule has 2 aliphatic heterocycles. The number of nitrogens with zero attached hydrogens (tertiary/aromatic N) is 2. The summed E-state index contributed by atoms with van der Waals surface area (Å²) < 4.78 is 48.3. The van der Waals surface area contributed by atoms with Crippen LogP contribution in [0, 0.1) is 0 Å². The minimum absolute atomic E-state index is 0.198. The van der Waals surface area contributed by atoms with Crippen LogP contribution in [0.5, 0.6) is 0 Å². The van der Waals surface area contributed by atoms with E-state index in [1.165, 1.54) is 0 Å². The molecule has 2 rings (SSSR count). The highest BCUT2D eigenvalue weighted by atomic mass is 19.4. The maximum Gasteiger partial charge on any atom is 0.390 e. The summed E-state index contributed by atoms with van der Waals surface area (Å²) in [5, 5.41) is 3.08. The number of ether oxygens (including phenoxy) is 2. The largest absolute Gasteiger partial charge is 0.390 e. The second-order valence-electron chi connectivity index (χ2n) is 6.26. The van der Waals surface area contributed by atoms with Crippen LogP contribution in [0.25, 0.3) is 0 Å². The summed E-state index contributed by atoms with van der Waals surface area (Å²) in [6.07, 6.45) is -0.741. The Hall–Kier alpha value is -1.02. The minimum atomic E-state index is -4.16. The van der Waals surface area contributed by atoms with E-state index >= 15 is 0 Å². The lowest BCUT2D eigenvalue weighted by Gasteiger charge is -2.34. The van der Waals surface area contributed by atoms with Crippen LogP contribution in [0.15, 0.2) is 4.99 Å². The van der Waals surface area contributed by atoms with Gasteiger partial charge in [-0.2, -0.15) is 13.2 Å². The predicted octanol–water partition coefficient (Wildman–Crippen LogP) is 2.56. The number of rotatable bonds is 6. The van der Waals surface area contributed by atoms with Gasteiger partial charge in [0, 0.05) is 26.2 Å². The lowest BCUT2D eigenvalue weighted by atomic mass is 10.1. The zero-order chi connectivity index (χ0) is 17.4. The van der Waals surface area contributed by atoms with E-state index in [9.17, 15) is 13.2 Å². The van der Waals surface area contributed by atoms with Crippen LogP contribution in [0.2, 0.25) is 0 Å². The minimum Gasteiger partial charge on any atom is -0.376 e. The normalized spacial score (nSPS) is 23.8. The summed E-state index contributed by atoms with van der Waals surface area (Å²) in [6.45, 7) is 5.28. The molecule has 1 N–H and O–H groups in total. The average Bonchev–Trinajstić information content (AvgIpc) is 3.05. The maximum atomic E-state index is 12.3. The van der Waals surface area contributed by atoms with E-state index in [-0.39, 0.29) is 18.8 Å². The van der Waals surface area contributed by atoms with Crippen molar-refractivity contribution in [2.45, 2.75) is 57.4 Å². The first-order valence-electron chi connectivity index (χ1n) is 8.81. The molecule has 8 heteroatoms. The van der Waals surface area contributed by atoms with Gasteiger partial charge in [-0.3, -0.25) is 4.99 Å². The van der Waals surface area contributed by atoms with Crippen LogP contribution in [-0.4, -0.2) is 68.6 Å². The Morgan fingerprint density at radius 3 is 2.62 bits per heavy atom. The van der Waals surface area contributed by atoms with Gasteiger partial charge in [0.15, 0.2) is 5.96 Å². The molecule has 140 valence electrons. The molecule has 2 heterocycles. The van der Waals surface area contributed by atoms with E-state index in [0.29, 0.717) is 19.1 Å². The van der Waals surface area contributed by atoms with Gasteiger partial charge in [-0.15, -0.1) is 0 Å². The number of nitrogens with one attached hydrogen (secondary N) is 1. The third kappa shape index (κ3) is 6.84. The Bertz CT molecular complexity index is 391. The van der Waals surface area contributed by atoms with Gasteiger partial charge >= 0.3 is 6.18 Å². The van der Waals surface area contributed by atoms with Crippen molar-refractivity contribution in [2.24, 2.45) is 4.99 Å². The van der Waals surface area contributed by atoms with Gasteiger partial charge in [-0.05, 0) is 32.6 Å². The summed E-state index contributed by atoms with van der Waals surface area (Å²) >= 11 is 0. The Kier molecular flexibility index (Phi) is 7.61. The monoisotopic (exact) mass is 351 g/mol. The molecule has 0 radical (unpaired) electrons. The standard InChI is InChI=1S/C16H28F3N3O2/c1-2-20-15(21-8-7-16(17,18)19)22-9-5-13(6-10-22)24-12-14-4-3-11-23-14/h13-14H,2-12H2,1H3,(H,20,21). The zero-order valence-electron chi connectivity index (χ0n) is 14.3. The molecule has 1 atom stereocenters. The van der Waals surface area contributed by atoms with E-state index in [1.54, 1.807) is 0 Å².